The van der Waals surface area contributed by atoms with Crippen LogP contribution < -0.4 is 14.8 Å². The molecule has 0 radical (unpaired) electrons. The molecule has 2 rings (SSSR count). The highest BCUT2D eigenvalue weighted by Crippen LogP contribution is 2.15. The Balaban J connectivity index is 1.83. The van der Waals surface area contributed by atoms with E-state index in [-0.39, 0.29) is 17.3 Å². The lowest BCUT2D eigenvalue weighted by atomic mass is 10.1. The molecular weight excluding hydrogens is 322 g/mol. The minimum atomic E-state index is -3.60. The molecule has 1 aliphatic heterocycles. The van der Waals surface area contributed by atoms with Gasteiger partial charge in [-0.2, -0.15) is 0 Å². The Morgan fingerprint density at radius 3 is 2.43 bits per heavy atom. The lowest BCUT2D eigenvalue weighted by Gasteiger charge is -2.09. The number of likely N-dealkylation sites (N-methyl/N-ethyl adjacent to an activating group) is 1. The summed E-state index contributed by atoms with van der Waals surface area (Å²) in [5.41, 5.74) is 0. The Bertz CT molecular complexity index is 687. The lowest BCUT2D eigenvalue weighted by Crippen LogP contribution is -2.31. The van der Waals surface area contributed by atoms with E-state index in [2.05, 4.69) is 10.0 Å². The average molecular weight is 341 g/mol. The van der Waals surface area contributed by atoms with E-state index in [0.29, 0.717) is 18.6 Å². The quantitative estimate of drug-likeness (QED) is 0.548. The van der Waals surface area contributed by atoms with Gasteiger partial charge in [0.1, 0.15) is 11.8 Å². The van der Waals surface area contributed by atoms with E-state index in [4.69, 9.17) is 4.74 Å². The Hall–Kier alpha value is -2.13. The van der Waals surface area contributed by atoms with Crippen LogP contribution in [0.2, 0.25) is 0 Å². The fourth-order valence-corrected chi connectivity index (χ4v) is 3.26. The number of rotatable bonds is 7. The van der Waals surface area contributed by atoms with Crippen LogP contribution in [0, 0.1) is 0 Å². The number of nitrogens with one attached hydrogen (secondary N) is 2. The van der Waals surface area contributed by atoms with E-state index in [1.165, 1.54) is 26.3 Å². The molecule has 0 aromatic heterocycles. The molecule has 1 aromatic carbocycles. The van der Waals surface area contributed by atoms with Gasteiger partial charge in [0.15, 0.2) is 0 Å². The van der Waals surface area contributed by atoms with E-state index in [9.17, 15) is 18.0 Å². The molecule has 1 atom stereocenters. The van der Waals surface area contributed by atoms with Crippen molar-refractivity contribution in [2.45, 2.75) is 23.8 Å². The second-order valence-corrected chi connectivity index (χ2v) is 6.88. The summed E-state index contributed by atoms with van der Waals surface area (Å²) in [5.74, 6) is 0.275. The number of methoxy groups -OCH3 is 1. The number of sulfonamides is 1. The van der Waals surface area contributed by atoms with Crippen molar-refractivity contribution in [1.29, 1.82) is 0 Å². The number of urea groups is 1. The topological polar surface area (TPSA) is 105 Å². The maximum Gasteiger partial charge on any atom is 0.324 e. The summed E-state index contributed by atoms with van der Waals surface area (Å²) in [5, 5.41) is 2.54. The summed E-state index contributed by atoms with van der Waals surface area (Å²) in [6.45, 7) is 0.178. The fourth-order valence-electron chi connectivity index (χ4n) is 2.19. The van der Waals surface area contributed by atoms with Crippen LogP contribution in [-0.4, -0.2) is 52.0 Å². The summed E-state index contributed by atoms with van der Waals surface area (Å²) in [7, 11) is -0.695. The minimum absolute atomic E-state index is 0.142. The van der Waals surface area contributed by atoms with Gasteiger partial charge in [-0.05, 0) is 37.1 Å². The van der Waals surface area contributed by atoms with Crippen LogP contribution in [0.4, 0.5) is 4.79 Å². The molecule has 1 saturated heterocycles. The van der Waals surface area contributed by atoms with Gasteiger partial charge in [0.05, 0.1) is 12.0 Å². The molecule has 1 heterocycles. The molecule has 2 N–H and O–H groups in total. The molecule has 1 aromatic rings. The monoisotopic (exact) mass is 341 g/mol. The van der Waals surface area contributed by atoms with Gasteiger partial charge in [-0.15, -0.1) is 0 Å². The lowest BCUT2D eigenvalue weighted by molar-refractivity contribution is -0.126. The first-order valence-electron chi connectivity index (χ1n) is 7.07. The molecular formula is C14H19N3O5S. The van der Waals surface area contributed by atoms with Crippen molar-refractivity contribution in [2.75, 3.05) is 20.7 Å². The Morgan fingerprint density at radius 1 is 1.26 bits per heavy atom. The van der Waals surface area contributed by atoms with Gasteiger partial charge in [0.25, 0.3) is 5.91 Å². The third-order valence-electron chi connectivity index (χ3n) is 3.56. The second-order valence-electron chi connectivity index (χ2n) is 5.11. The zero-order valence-electron chi connectivity index (χ0n) is 12.9. The average Bonchev–Trinajstić information content (AvgIpc) is 2.79. The summed E-state index contributed by atoms with van der Waals surface area (Å²) in [4.78, 5) is 24.1. The number of hydrogen-bond donors (Lipinski definition) is 2. The van der Waals surface area contributed by atoms with Gasteiger partial charge in [-0.3, -0.25) is 9.69 Å². The fraction of sp³-hybridized carbons (Fsp3) is 0.429. The molecule has 23 heavy (non-hydrogen) atoms. The van der Waals surface area contributed by atoms with Crippen LogP contribution in [0.15, 0.2) is 29.2 Å². The first-order valence-corrected chi connectivity index (χ1v) is 8.55. The van der Waals surface area contributed by atoms with Gasteiger partial charge in [-0.25, -0.2) is 17.9 Å². The van der Waals surface area contributed by atoms with Crippen LogP contribution in [0.25, 0.3) is 0 Å². The van der Waals surface area contributed by atoms with Crippen molar-refractivity contribution in [1.82, 2.24) is 14.9 Å². The Kier molecular flexibility index (Phi) is 5.22. The van der Waals surface area contributed by atoms with E-state index < -0.39 is 22.1 Å². The van der Waals surface area contributed by atoms with Gasteiger partial charge in [0, 0.05) is 13.6 Å². The predicted octanol–water partition coefficient (Wildman–Crippen LogP) is 0.304. The second kappa shape index (κ2) is 6.97. The van der Waals surface area contributed by atoms with Crippen LogP contribution >= 0.6 is 0 Å². The molecule has 3 amide bonds. The maximum absolute atomic E-state index is 12.1. The van der Waals surface area contributed by atoms with Gasteiger partial charge < -0.3 is 10.1 Å². The predicted molar refractivity (Wildman–Crippen MR) is 82.5 cm³/mol. The number of imide groups is 1. The highest BCUT2D eigenvalue weighted by molar-refractivity contribution is 7.89. The van der Waals surface area contributed by atoms with Gasteiger partial charge in [0.2, 0.25) is 10.0 Å². The molecule has 0 aliphatic carbocycles. The molecule has 1 fully saturated rings. The first-order chi connectivity index (χ1) is 10.8. The first kappa shape index (κ1) is 17.2. The number of hydrogen-bond acceptors (Lipinski definition) is 5. The SMILES string of the molecule is COc1ccc(S(=O)(=O)NCCCC2NC(=O)N(C)C2=O)cc1. The van der Waals surface area contributed by atoms with E-state index in [1.807, 2.05) is 0 Å². The molecule has 0 spiro atoms. The van der Waals surface area contributed by atoms with E-state index >= 15 is 0 Å². The molecule has 0 saturated carbocycles. The van der Waals surface area contributed by atoms with Crippen LogP contribution in [0.5, 0.6) is 5.75 Å². The van der Waals surface area contributed by atoms with Crippen molar-refractivity contribution in [2.24, 2.45) is 0 Å². The van der Waals surface area contributed by atoms with Crippen molar-refractivity contribution >= 4 is 22.0 Å². The van der Waals surface area contributed by atoms with E-state index in [1.54, 1.807) is 12.1 Å². The largest absolute Gasteiger partial charge is 0.497 e. The zero-order valence-corrected chi connectivity index (χ0v) is 13.7. The highest BCUT2D eigenvalue weighted by atomic mass is 32.2. The smallest absolute Gasteiger partial charge is 0.324 e. The molecule has 1 unspecified atom stereocenters. The van der Waals surface area contributed by atoms with Crippen LogP contribution in [0.3, 0.4) is 0 Å². The third kappa shape index (κ3) is 3.99. The Labute approximate surface area is 134 Å². The minimum Gasteiger partial charge on any atom is -0.497 e. The highest BCUT2D eigenvalue weighted by Gasteiger charge is 2.34. The van der Waals surface area contributed by atoms with Crippen molar-refractivity contribution < 1.29 is 22.7 Å². The number of ether oxygens (including phenoxy) is 1. The number of nitrogens with zero attached hydrogens (tertiary/aromatic N) is 1. The van der Waals surface area contributed by atoms with Crippen molar-refractivity contribution in [3.63, 3.8) is 0 Å². The summed E-state index contributed by atoms with van der Waals surface area (Å²) in [6.07, 6.45) is 0.806. The Morgan fingerprint density at radius 2 is 1.91 bits per heavy atom. The summed E-state index contributed by atoms with van der Waals surface area (Å²) in [6, 6.07) is 5.03. The van der Waals surface area contributed by atoms with Gasteiger partial charge >= 0.3 is 6.03 Å². The molecule has 126 valence electrons. The zero-order chi connectivity index (χ0) is 17.0. The number of benzene rings is 1. The number of carbonyl (C=O) groups is 2. The van der Waals surface area contributed by atoms with Crippen LogP contribution in [-0.2, 0) is 14.8 Å². The molecule has 1 aliphatic rings. The number of carbonyl (C=O) groups excluding carboxylic acids is 2. The van der Waals surface area contributed by atoms with Crippen LogP contribution in [0.1, 0.15) is 12.8 Å². The maximum atomic E-state index is 12.1. The van der Waals surface area contributed by atoms with Gasteiger partial charge in [-0.1, -0.05) is 0 Å². The third-order valence-corrected chi connectivity index (χ3v) is 5.04. The molecule has 9 heteroatoms. The van der Waals surface area contributed by atoms with Crippen molar-refractivity contribution in [3.8, 4) is 5.75 Å². The molecule has 0 bridgehead atoms. The number of amides is 3. The standard InChI is InChI=1S/C14H19N3O5S/c1-17-13(18)12(16-14(17)19)4-3-9-15-23(20,21)11-7-5-10(22-2)6-8-11/h5-8,12,15H,3-4,9H2,1-2H3,(H,16,19). The normalized spacial score (nSPS) is 18.2. The molecule has 8 nitrogen and oxygen atoms in total. The van der Waals surface area contributed by atoms with Crippen molar-refractivity contribution in [3.05, 3.63) is 24.3 Å². The summed E-state index contributed by atoms with van der Waals surface area (Å²) >= 11 is 0. The van der Waals surface area contributed by atoms with E-state index in [0.717, 1.165) is 4.90 Å². The summed E-state index contributed by atoms with van der Waals surface area (Å²) < 4.78 is 31.6.